The standard InChI is InChI=1S/C11H9BrOS/c1-13-10-6-7-14-11(10)8-2-4-9(12)5-3-8/h2-7H,1H3. The van der Waals surface area contributed by atoms with E-state index in [1.165, 1.54) is 10.4 Å². The average Bonchev–Trinajstić information content (AvgIpc) is 2.67. The SMILES string of the molecule is COc1ccsc1-c1ccc(Br)cc1. The van der Waals surface area contributed by atoms with Crippen LogP contribution in [0.1, 0.15) is 0 Å². The molecule has 0 radical (unpaired) electrons. The van der Waals surface area contributed by atoms with Crippen molar-refractivity contribution in [3.63, 3.8) is 0 Å². The van der Waals surface area contributed by atoms with Gasteiger partial charge in [0.2, 0.25) is 0 Å². The van der Waals surface area contributed by atoms with Crippen LogP contribution in [0.5, 0.6) is 5.75 Å². The monoisotopic (exact) mass is 268 g/mol. The van der Waals surface area contributed by atoms with Gasteiger partial charge in [0, 0.05) is 4.47 Å². The molecule has 0 saturated heterocycles. The molecule has 0 bridgehead atoms. The van der Waals surface area contributed by atoms with Gasteiger partial charge >= 0.3 is 0 Å². The molecule has 1 aromatic heterocycles. The topological polar surface area (TPSA) is 9.23 Å². The zero-order chi connectivity index (χ0) is 9.97. The minimum Gasteiger partial charge on any atom is -0.495 e. The van der Waals surface area contributed by atoms with Gasteiger partial charge in [-0.3, -0.25) is 0 Å². The molecule has 2 rings (SSSR count). The Hall–Kier alpha value is -0.800. The van der Waals surface area contributed by atoms with Crippen molar-refractivity contribution < 1.29 is 4.74 Å². The highest BCUT2D eigenvalue weighted by molar-refractivity contribution is 9.10. The molecule has 0 aliphatic heterocycles. The van der Waals surface area contributed by atoms with Crippen LogP contribution in [0.15, 0.2) is 40.2 Å². The van der Waals surface area contributed by atoms with E-state index in [1.54, 1.807) is 18.4 Å². The molecule has 0 amide bonds. The number of hydrogen-bond acceptors (Lipinski definition) is 2. The molecule has 1 heterocycles. The van der Waals surface area contributed by atoms with Crippen LogP contribution in [-0.2, 0) is 0 Å². The molecule has 0 aliphatic rings. The largest absolute Gasteiger partial charge is 0.495 e. The maximum Gasteiger partial charge on any atom is 0.137 e. The number of benzene rings is 1. The maximum absolute atomic E-state index is 5.27. The first-order chi connectivity index (χ1) is 6.81. The fraction of sp³-hybridized carbons (Fsp3) is 0.0909. The van der Waals surface area contributed by atoms with Crippen LogP contribution >= 0.6 is 27.3 Å². The number of methoxy groups -OCH3 is 1. The van der Waals surface area contributed by atoms with E-state index in [2.05, 4.69) is 28.1 Å². The molecule has 0 N–H and O–H groups in total. The van der Waals surface area contributed by atoms with Gasteiger partial charge in [-0.25, -0.2) is 0 Å². The van der Waals surface area contributed by atoms with E-state index < -0.39 is 0 Å². The van der Waals surface area contributed by atoms with Crippen molar-refractivity contribution in [2.45, 2.75) is 0 Å². The molecule has 2 aromatic rings. The Bertz CT molecular complexity index is 419. The lowest BCUT2D eigenvalue weighted by Crippen LogP contribution is -1.81. The summed E-state index contributed by atoms with van der Waals surface area (Å²) in [6, 6.07) is 10.2. The van der Waals surface area contributed by atoms with E-state index in [4.69, 9.17) is 4.74 Å². The van der Waals surface area contributed by atoms with Crippen molar-refractivity contribution in [3.8, 4) is 16.2 Å². The zero-order valence-corrected chi connectivity index (χ0v) is 10.1. The summed E-state index contributed by atoms with van der Waals surface area (Å²) in [6.07, 6.45) is 0. The van der Waals surface area contributed by atoms with Crippen LogP contribution in [0.25, 0.3) is 10.4 Å². The molecule has 0 aliphatic carbocycles. The maximum atomic E-state index is 5.27. The van der Waals surface area contributed by atoms with E-state index in [1.807, 2.05) is 23.6 Å². The first kappa shape index (κ1) is 9.74. The van der Waals surface area contributed by atoms with Crippen LogP contribution in [0, 0.1) is 0 Å². The van der Waals surface area contributed by atoms with Crippen molar-refractivity contribution >= 4 is 27.3 Å². The molecule has 1 aromatic carbocycles. The molecule has 72 valence electrons. The zero-order valence-electron chi connectivity index (χ0n) is 7.66. The average molecular weight is 269 g/mol. The number of halogens is 1. The number of rotatable bonds is 2. The summed E-state index contributed by atoms with van der Waals surface area (Å²) in [7, 11) is 1.70. The van der Waals surface area contributed by atoms with Crippen molar-refractivity contribution in [1.82, 2.24) is 0 Å². The van der Waals surface area contributed by atoms with Crippen molar-refractivity contribution in [2.75, 3.05) is 7.11 Å². The van der Waals surface area contributed by atoms with E-state index >= 15 is 0 Å². The number of hydrogen-bond donors (Lipinski definition) is 0. The van der Waals surface area contributed by atoms with Crippen molar-refractivity contribution in [1.29, 1.82) is 0 Å². The predicted molar refractivity (Wildman–Crippen MR) is 64.0 cm³/mol. The Kier molecular flexibility index (Phi) is 2.89. The van der Waals surface area contributed by atoms with Gasteiger partial charge in [0.25, 0.3) is 0 Å². The summed E-state index contributed by atoms with van der Waals surface area (Å²) in [5, 5.41) is 2.04. The summed E-state index contributed by atoms with van der Waals surface area (Å²) < 4.78 is 6.36. The van der Waals surface area contributed by atoms with Gasteiger partial charge in [0.05, 0.1) is 12.0 Å². The predicted octanol–water partition coefficient (Wildman–Crippen LogP) is 4.19. The Morgan fingerprint density at radius 2 is 1.86 bits per heavy atom. The third-order valence-corrected chi connectivity index (χ3v) is 3.43. The molecule has 0 saturated carbocycles. The third kappa shape index (κ3) is 1.83. The number of thiophene rings is 1. The van der Waals surface area contributed by atoms with Gasteiger partial charge in [-0.1, -0.05) is 28.1 Å². The lowest BCUT2D eigenvalue weighted by atomic mass is 10.2. The fourth-order valence-electron chi connectivity index (χ4n) is 1.27. The quantitative estimate of drug-likeness (QED) is 0.794. The summed E-state index contributed by atoms with van der Waals surface area (Å²) in [4.78, 5) is 1.18. The van der Waals surface area contributed by atoms with Gasteiger partial charge in [-0.2, -0.15) is 0 Å². The summed E-state index contributed by atoms with van der Waals surface area (Å²) in [5.74, 6) is 0.942. The second-order valence-corrected chi connectivity index (χ2v) is 4.66. The summed E-state index contributed by atoms with van der Waals surface area (Å²) in [6.45, 7) is 0. The Balaban J connectivity index is 2.44. The molecular formula is C11H9BrOS. The summed E-state index contributed by atoms with van der Waals surface area (Å²) >= 11 is 5.11. The van der Waals surface area contributed by atoms with Crippen LogP contribution < -0.4 is 4.74 Å². The highest BCUT2D eigenvalue weighted by Crippen LogP contribution is 2.35. The normalized spacial score (nSPS) is 10.1. The number of ether oxygens (including phenoxy) is 1. The molecule has 0 fully saturated rings. The van der Waals surface area contributed by atoms with Crippen molar-refractivity contribution in [2.24, 2.45) is 0 Å². The van der Waals surface area contributed by atoms with Crippen molar-refractivity contribution in [3.05, 3.63) is 40.2 Å². The Morgan fingerprint density at radius 1 is 1.14 bits per heavy atom. The van der Waals surface area contributed by atoms with Gasteiger partial charge in [-0.15, -0.1) is 11.3 Å². The molecule has 14 heavy (non-hydrogen) atoms. The highest BCUT2D eigenvalue weighted by atomic mass is 79.9. The lowest BCUT2D eigenvalue weighted by Gasteiger charge is -2.02. The molecule has 0 spiro atoms. The molecule has 0 unspecified atom stereocenters. The molecule has 1 nitrogen and oxygen atoms in total. The van der Waals surface area contributed by atoms with Crippen LogP contribution in [0.4, 0.5) is 0 Å². The highest BCUT2D eigenvalue weighted by Gasteiger charge is 2.06. The second-order valence-electron chi connectivity index (χ2n) is 2.82. The Morgan fingerprint density at radius 3 is 2.50 bits per heavy atom. The second kappa shape index (κ2) is 4.15. The van der Waals surface area contributed by atoms with Crippen LogP contribution in [-0.4, -0.2) is 7.11 Å². The van der Waals surface area contributed by atoms with Gasteiger partial charge in [0.15, 0.2) is 0 Å². The molecular weight excluding hydrogens is 260 g/mol. The van der Waals surface area contributed by atoms with Gasteiger partial charge in [0.1, 0.15) is 5.75 Å². The van der Waals surface area contributed by atoms with E-state index in [0.717, 1.165) is 10.2 Å². The first-order valence-corrected chi connectivity index (χ1v) is 5.86. The third-order valence-electron chi connectivity index (χ3n) is 1.96. The van der Waals surface area contributed by atoms with E-state index in [9.17, 15) is 0 Å². The lowest BCUT2D eigenvalue weighted by molar-refractivity contribution is 0.418. The minimum absolute atomic E-state index is 0.942. The molecule has 3 heteroatoms. The first-order valence-electron chi connectivity index (χ1n) is 4.18. The molecule has 0 atom stereocenters. The van der Waals surface area contributed by atoms with Gasteiger partial charge in [-0.05, 0) is 29.1 Å². The minimum atomic E-state index is 0.942. The summed E-state index contributed by atoms with van der Waals surface area (Å²) in [5.41, 5.74) is 1.19. The Labute approximate surface area is 95.5 Å². The van der Waals surface area contributed by atoms with Crippen LogP contribution in [0.3, 0.4) is 0 Å². The fourth-order valence-corrected chi connectivity index (χ4v) is 2.40. The van der Waals surface area contributed by atoms with E-state index in [-0.39, 0.29) is 0 Å². The smallest absolute Gasteiger partial charge is 0.137 e. The van der Waals surface area contributed by atoms with E-state index in [0.29, 0.717) is 0 Å². The van der Waals surface area contributed by atoms with Gasteiger partial charge < -0.3 is 4.74 Å². The van der Waals surface area contributed by atoms with Crippen LogP contribution in [0.2, 0.25) is 0 Å².